The molecular formula is C29H45NO6S2. The topological polar surface area (TPSA) is 102 Å². The number of carbonyl (C=O) groups is 1. The molecule has 9 heteroatoms. The molecule has 0 aliphatic rings. The molecular weight excluding hydrogens is 522 g/mol. The predicted molar refractivity (Wildman–Crippen MR) is 154 cm³/mol. The molecule has 2 aromatic rings. The number of esters is 1. The Morgan fingerprint density at radius 3 is 2.13 bits per heavy atom. The van der Waals surface area contributed by atoms with Crippen LogP contribution in [-0.4, -0.2) is 44.4 Å². The first-order valence-corrected chi connectivity index (χ1v) is 15.4. The number of ether oxygens (including phenoxy) is 2. The molecule has 0 amide bonds. The second kappa shape index (κ2) is 12.1. The zero-order valence-corrected chi connectivity index (χ0v) is 26.2. The molecule has 2 N–H and O–H groups in total. The van der Waals surface area contributed by atoms with E-state index in [1.807, 2.05) is 45.9 Å². The number of benzene rings is 1. The van der Waals surface area contributed by atoms with Gasteiger partial charge >= 0.3 is 5.97 Å². The molecule has 0 aliphatic heterocycles. The highest BCUT2D eigenvalue weighted by Gasteiger charge is 2.35. The molecule has 0 saturated heterocycles. The van der Waals surface area contributed by atoms with Crippen molar-refractivity contribution >= 4 is 27.3 Å². The second-order valence-electron chi connectivity index (χ2n) is 12.0. The molecule has 2 rings (SSSR count). The highest BCUT2D eigenvalue weighted by atomic mass is 32.2. The largest absolute Gasteiger partial charge is 0.491 e. The van der Waals surface area contributed by atoms with Crippen LogP contribution in [0.1, 0.15) is 89.8 Å². The number of aliphatic hydroxyl groups excluding tert-OH is 1. The van der Waals surface area contributed by atoms with Gasteiger partial charge in [0.15, 0.2) is 0 Å². The summed E-state index contributed by atoms with van der Waals surface area (Å²) in [6, 6.07) is 8.00. The van der Waals surface area contributed by atoms with E-state index in [1.54, 1.807) is 27.7 Å². The first kappa shape index (κ1) is 32.3. The van der Waals surface area contributed by atoms with Gasteiger partial charge in [0.1, 0.15) is 28.7 Å². The fourth-order valence-electron chi connectivity index (χ4n) is 4.24. The quantitative estimate of drug-likeness (QED) is 0.329. The minimum Gasteiger partial charge on any atom is -0.491 e. The van der Waals surface area contributed by atoms with Crippen molar-refractivity contribution in [1.82, 2.24) is 4.72 Å². The number of hydrogen-bond acceptors (Lipinski definition) is 7. The zero-order chi connectivity index (χ0) is 29.1. The molecule has 7 nitrogen and oxygen atoms in total. The van der Waals surface area contributed by atoms with Crippen LogP contribution in [0.15, 0.2) is 28.5 Å². The van der Waals surface area contributed by atoms with Crippen molar-refractivity contribution in [2.24, 2.45) is 5.41 Å². The fraction of sp³-hybridized carbons (Fsp3) is 0.621. The first-order chi connectivity index (χ1) is 17.4. The van der Waals surface area contributed by atoms with Gasteiger partial charge in [-0.2, -0.15) is 4.72 Å². The highest BCUT2D eigenvalue weighted by Crippen LogP contribution is 2.45. The summed E-state index contributed by atoms with van der Waals surface area (Å²) in [7, 11) is -3.90. The average Bonchev–Trinajstić information content (AvgIpc) is 3.19. The molecule has 1 aromatic heterocycles. The highest BCUT2D eigenvalue weighted by molar-refractivity contribution is 7.91. The van der Waals surface area contributed by atoms with E-state index in [1.165, 1.54) is 11.3 Å². The third-order valence-electron chi connectivity index (χ3n) is 6.75. The number of carbonyl (C=O) groups excluding carboxylic acids is 1. The maximum absolute atomic E-state index is 13.1. The van der Waals surface area contributed by atoms with Gasteiger partial charge in [0.2, 0.25) is 0 Å². The lowest BCUT2D eigenvalue weighted by atomic mass is 9.74. The second-order valence-corrected chi connectivity index (χ2v) is 15.0. The van der Waals surface area contributed by atoms with Gasteiger partial charge in [0.05, 0.1) is 6.10 Å². The van der Waals surface area contributed by atoms with Crippen LogP contribution in [-0.2, 0) is 25.0 Å². The van der Waals surface area contributed by atoms with Crippen molar-refractivity contribution in [2.45, 2.75) is 103 Å². The van der Waals surface area contributed by atoms with E-state index in [0.717, 1.165) is 34.6 Å². The van der Waals surface area contributed by atoms with Gasteiger partial charge in [-0.05, 0) is 81.7 Å². The van der Waals surface area contributed by atoms with E-state index in [9.17, 15) is 18.3 Å². The van der Waals surface area contributed by atoms with Crippen LogP contribution in [0, 0.1) is 19.3 Å². The minimum absolute atomic E-state index is 0.204. The van der Waals surface area contributed by atoms with Crippen molar-refractivity contribution in [3.05, 3.63) is 45.8 Å². The molecule has 0 aliphatic carbocycles. The van der Waals surface area contributed by atoms with Crippen LogP contribution in [0.3, 0.4) is 0 Å². The molecule has 1 unspecified atom stereocenters. The van der Waals surface area contributed by atoms with Crippen LogP contribution in [0.25, 0.3) is 0 Å². The van der Waals surface area contributed by atoms with Gasteiger partial charge < -0.3 is 14.6 Å². The number of sulfonamides is 1. The summed E-state index contributed by atoms with van der Waals surface area (Å²) in [5, 5.41) is 10.4. The Kier molecular flexibility index (Phi) is 10.2. The summed E-state index contributed by atoms with van der Waals surface area (Å²) in [6.07, 6.45) is 0.957. The molecule has 1 heterocycles. The number of aryl methyl sites for hydroxylation is 2. The summed E-state index contributed by atoms with van der Waals surface area (Å²) in [6.45, 7) is 18.9. The van der Waals surface area contributed by atoms with Gasteiger partial charge in [-0.15, -0.1) is 11.3 Å². The zero-order valence-electron chi connectivity index (χ0n) is 24.5. The standard InChI is InChI=1S/C29H45NO6S2/c1-11-29(12-2,21-13-14-22(19(3)15-21)35-18-23(31)27(5,6)7)24-16-20(4)26(37-24)38(33,34)30-17-25(32)36-28(8,9)10/h13-16,23,30-31H,11-12,17-18H2,1-10H3. The van der Waals surface area contributed by atoms with Gasteiger partial charge in [-0.25, -0.2) is 8.42 Å². The van der Waals surface area contributed by atoms with Crippen molar-refractivity contribution in [1.29, 1.82) is 0 Å². The average molecular weight is 568 g/mol. The van der Waals surface area contributed by atoms with E-state index in [0.29, 0.717) is 5.56 Å². The Bertz CT molecular complexity index is 1210. The van der Waals surface area contributed by atoms with E-state index >= 15 is 0 Å². The lowest BCUT2D eigenvalue weighted by Crippen LogP contribution is -2.34. The smallest absolute Gasteiger partial charge is 0.321 e. The maximum Gasteiger partial charge on any atom is 0.321 e. The number of hydrogen-bond donors (Lipinski definition) is 2. The van der Waals surface area contributed by atoms with Crippen LogP contribution in [0.5, 0.6) is 5.75 Å². The lowest BCUT2D eigenvalue weighted by Gasteiger charge is -2.32. The maximum atomic E-state index is 13.1. The Labute approximate surface area is 233 Å². The van der Waals surface area contributed by atoms with E-state index < -0.39 is 34.2 Å². The van der Waals surface area contributed by atoms with Gasteiger partial charge in [0.25, 0.3) is 10.0 Å². The van der Waals surface area contributed by atoms with Crippen LogP contribution >= 0.6 is 11.3 Å². The SMILES string of the molecule is CCC(CC)(c1ccc(OCC(O)C(C)(C)C)c(C)c1)c1cc(C)c(S(=O)(=O)NCC(=O)OC(C)(C)C)s1. The van der Waals surface area contributed by atoms with Gasteiger partial charge in [0, 0.05) is 10.3 Å². The number of aliphatic hydroxyl groups is 1. The van der Waals surface area contributed by atoms with Crippen LogP contribution in [0.2, 0.25) is 0 Å². The molecule has 0 spiro atoms. The van der Waals surface area contributed by atoms with Crippen LogP contribution in [0.4, 0.5) is 0 Å². The lowest BCUT2D eigenvalue weighted by molar-refractivity contribution is -0.153. The summed E-state index contributed by atoms with van der Waals surface area (Å²) < 4.78 is 40.0. The van der Waals surface area contributed by atoms with E-state index in [2.05, 4.69) is 24.6 Å². The number of rotatable bonds is 11. The Hall–Kier alpha value is -1.94. The molecule has 0 fully saturated rings. The summed E-state index contributed by atoms with van der Waals surface area (Å²) in [5.41, 5.74) is 1.32. The summed E-state index contributed by atoms with van der Waals surface area (Å²) in [5.74, 6) is 0.0925. The molecule has 214 valence electrons. The van der Waals surface area contributed by atoms with Crippen molar-refractivity contribution in [3.63, 3.8) is 0 Å². The molecule has 38 heavy (non-hydrogen) atoms. The minimum atomic E-state index is -3.90. The van der Waals surface area contributed by atoms with E-state index in [4.69, 9.17) is 9.47 Å². The van der Waals surface area contributed by atoms with Gasteiger partial charge in [-0.1, -0.05) is 46.8 Å². The Balaban J connectivity index is 2.35. The Morgan fingerprint density at radius 1 is 1.03 bits per heavy atom. The summed E-state index contributed by atoms with van der Waals surface area (Å²) >= 11 is 1.24. The van der Waals surface area contributed by atoms with Crippen LogP contribution < -0.4 is 9.46 Å². The monoisotopic (exact) mass is 567 g/mol. The molecule has 0 bridgehead atoms. The van der Waals surface area contributed by atoms with E-state index in [-0.39, 0.29) is 21.6 Å². The summed E-state index contributed by atoms with van der Waals surface area (Å²) in [4.78, 5) is 13.0. The predicted octanol–water partition coefficient (Wildman–Crippen LogP) is 5.88. The molecule has 1 aromatic carbocycles. The van der Waals surface area contributed by atoms with Crippen molar-refractivity contribution in [2.75, 3.05) is 13.2 Å². The Morgan fingerprint density at radius 2 is 1.63 bits per heavy atom. The van der Waals surface area contributed by atoms with Crippen molar-refractivity contribution < 1.29 is 27.8 Å². The molecule has 1 atom stereocenters. The number of thiophene rings is 1. The number of nitrogens with one attached hydrogen (secondary N) is 1. The third-order valence-corrected chi connectivity index (χ3v) is 10.2. The van der Waals surface area contributed by atoms with Gasteiger partial charge in [-0.3, -0.25) is 4.79 Å². The first-order valence-electron chi connectivity index (χ1n) is 13.1. The van der Waals surface area contributed by atoms with Crippen molar-refractivity contribution in [3.8, 4) is 5.75 Å². The normalized spacial score (nSPS) is 13.9. The molecule has 0 radical (unpaired) electrons. The fourth-order valence-corrected chi connectivity index (χ4v) is 7.31. The third kappa shape index (κ3) is 7.81. The molecule has 0 saturated carbocycles.